The van der Waals surface area contributed by atoms with Crippen LogP contribution in [0.15, 0.2) is 36.4 Å². The van der Waals surface area contributed by atoms with Gasteiger partial charge in [0.05, 0.1) is 4.92 Å². The topological polar surface area (TPSA) is 102 Å². The van der Waals surface area contributed by atoms with Crippen molar-refractivity contribution in [3.63, 3.8) is 0 Å². The Kier molecular flexibility index (Phi) is 3.84. The van der Waals surface area contributed by atoms with Crippen LogP contribution in [0.1, 0.15) is 11.1 Å². The molecule has 0 radical (unpaired) electrons. The molecule has 2 aromatic carbocycles. The van der Waals surface area contributed by atoms with Crippen molar-refractivity contribution in [3.05, 3.63) is 63.5 Å². The molecule has 6 nitrogen and oxygen atoms in total. The molecule has 7 heteroatoms. The number of rotatable bonds is 4. The van der Waals surface area contributed by atoms with Gasteiger partial charge < -0.3 is 10.5 Å². The molecular formula is C14H12FN3O3. The second kappa shape index (κ2) is 5.58. The monoisotopic (exact) mass is 289 g/mol. The maximum absolute atomic E-state index is 13.8. The summed E-state index contributed by atoms with van der Waals surface area (Å²) in [5.41, 5.74) is 5.89. The second-order valence-corrected chi connectivity index (χ2v) is 4.37. The van der Waals surface area contributed by atoms with Gasteiger partial charge in [-0.15, -0.1) is 0 Å². The van der Waals surface area contributed by atoms with Crippen molar-refractivity contribution in [2.75, 3.05) is 0 Å². The lowest BCUT2D eigenvalue weighted by atomic mass is 10.2. The number of benzene rings is 2. The van der Waals surface area contributed by atoms with Crippen molar-refractivity contribution in [1.29, 1.82) is 5.41 Å². The van der Waals surface area contributed by atoms with Gasteiger partial charge in [0.2, 0.25) is 0 Å². The number of amidine groups is 1. The molecule has 2 rings (SSSR count). The number of hydrogen-bond donors (Lipinski definition) is 2. The Bertz CT molecular complexity index is 731. The van der Waals surface area contributed by atoms with Crippen LogP contribution in [0.25, 0.3) is 0 Å². The van der Waals surface area contributed by atoms with Crippen LogP contribution >= 0.6 is 0 Å². The Morgan fingerprint density at radius 2 is 2.05 bits per heavy atom. The van der Waals surface area contributed by atoms with Gasteiger partial charge in [-0.25, -0.2) is 4.39 Å². The van der Waals surface area contributed by atoms with E-state index < -0.39 is 10.7 Å². The minimum Gasteiger partial charge on any atom is -0.454 e. The number of nitrogens with zero attached hydrogens (tertiary/aromatic N) is 1. The lowest BCUT2D eigenvalue weighted by Gasteiger charge is -2.08. The Hall–Kier alpha value is -2.96. The third-order valence-corrected chi connectivity index (χ3v) is 2.84. The van der Waals surface area contributed by atoms with Crippen LogP contribution in [-0.2, 0) is 0 Å². The number of nitrogens with two attached hydrogens (primary N) is 1. The number of nitro groups is 1. The standard InChI is InChI=1S/C14H12FN3O3/c1-8-6-10(3-4-12(8)18(19)20)21-13-5-2-9(14(16)17)7-11(13)15/h2-7H,1H3,(H3,16,17). The number of aryl methyl sites for hydroxylation is 1. The highest BCUT2D eigenvalue weighted by molar-refractivity contribution is 5.95. The van der Waals surface area contributed by atoms with E-state index in [2.05, 4.69) is 0 Å². The number of hydrogen-bond acceptors (Lipinski definition) is 4. The van der Waals surface area contributed by atoms with Gasteiger partial charge in [0.25, 0.3) is 5.69 Å². The molecule has 108 valence electrons. The SMILES string of the molecule is Cc1cc(Oc2ccc(C(=N)N)cc2F)ccc1[N+](=O)[O-]. The van der Waals surface area contributed by atoms with Gasteiger partial charge >= 0.3 is 0 Å². The zero-order valence-electron chi connectivity index (χ0n) is 11.1. The van der Waals surface area contributed by atoms with Crippen LogP contribution in [0.5, 0.6) is 11.5 Å². The highest BCUT2D eigenvalue weighted by Gasteiger charge is 2.12. The van der Waals surface area contributed by atoms with Gasteiger partial charge in [-0.1, -0.05) is 0 Å². The average molecular weight is 289 g/mol. The van der Waals surface area contributed by atoms with Crippen molar-refractivity contribution >= 4 is 11.5 Å². The van der Waals surface area contributed by atoms with E-state index in [4.69, 9.17) is 15.9 Å². The second-order valence-electron chi connectivity index (χ2n) is 4.37. The predicted molar refractivity (Wildman–Crippen MR) is 75.3 cm³/mol. The van der Waals surface area contributed by atoms with E-state index >= 15 is 0 Å². The Labute approximate surface area is 119 Å². The van der Waals surface area contributed by atoms with E-state index in [-0.39, 0.29) is 28.6 Å². The number of nitro benzene ring substituents is 1. The summed E-state index contributed by atoms with van der Waals surface area (Å²) in [4.78, 5) is 10.2. The summed E-state index contributed by atoms with van der Waals surface area (Å²) >= 11 is 0. The average Bonchev–Trinajstić information content (AvgIpc) is 2.40. The molecule has 0 unspecified atom stereocenters. The molecule has 0 aliphatic heterocycles. The third kappa shape index (κ3) is 3.14. The maximum Gasteiger partial charge on any atom is 0.272 e. The largest absolute Gasteiger partial charge is 0.454 e. The summed E-state index contributed by atoms with van der Waals surface area (Å²) in [7, 11) is 0. The number of nitrogen functional groups attached to an aromatic ring is 1. The lowest BCUT2D eigenvalue weighted by Crippen LogP contribution is -2.11. The molecule has 0 aliphatic carbocycles. The van der Waals surface area contributed by atoms with Gasteiger partial charge in [0, 0.05) is 17.2 Å². The van der Waals surface area contributed by atoms with E-state index in [1.807, 2.05) is 0 Å². The zero-order valence-corrected chi connectivity index (χ0v) is 11.1. The fourth-order valence-corrected chi connectivity index (χ4v) is 1.77. The summed E-state index contributed by atoms with van der Waals surface area (Å²) in [5, 5.41) is 17.9. The molecular weight excluding hydrogens is 277 g/mol. The molecule has 0 aromatic heterocycles. The summed E-state index contributed by atoms with van der Waals surface area (Å²) < 4.78 is 19.2. The molecule has 0 atom stereocenters. The quantitative estimate of drug-likeness (QED) is 0.390. The van der Waals surface area contributed by atoms with Crippen molar-refractivity contribution < 1.29 is 14.1 Å². The fraction of sp³-hybridized carbons (Fsp3) is 0.0714. The molecule has 2 aromatic rings. The molecule has 21 heavy (non-hydrogen) atoms. The molecule has 0 heterocycles. The summed E-state index contributed by atoms with van der Waals surface area (Å²) in [5.74, 6) is -0.675. The Balaban J connectivity index is 2.28. The van der Waals surface area contributed by atoms with Crippen LogP contribution in [-0.4, -0.2) is 10.8 Å². The molecule has 3 N–H and O–H groups in total. The molecule has 0 saturated carbocycles. The number of ether oxygens (including phenoxy) is 1. The van der Waals surface area contributed by atoms with Gasteiger partial charge in [0.15, 0.2) is 11.6 Å². The first-order valence-electron chi connectivity index (χ1n) is 5.95. The first kappa shape index (κ1) is 14.4. The van der Waals surface area contributed by atoms with Crippen LogP contribution < -0.4 is 10.5 Å². The Morgan fingerprint density at radius 3 is 2.57 bits per heavy atom. The highest BCUT2D eigenvalue weighted by Crippen LogP contribution is 2.29. The van der Waals surface area contributed by atoms with Crippen molar-refractivity contribution in [3.8, 4) is 11.5 Å². The lowest BCUT2D eigenvalue weighted by molar-refractivity contribution is -0.385. The maximum atomic E-state index is 13.8. The van der Waals surface area contributed by atoms with E-state index in [0.717, 1.165) is 6.07 Å². The van der Waals surface area contributed by atoms with E-state index in [0.29, 0.717) is 5.56 Å². The first-order chi connectivity index (χ1) is 9.88. The van der Waals surface area contributed by atoms with E-state index in [1.165, 1.54) is 30.3 Å². The van der Waals surface area contributed by atoms with Crippen molar-refractivity contribution in [1.82, 2.24) is 0 Å². The number of nitrogens with one attached hydrogen (secondary N) is 1. The van der Waals surface area contributed by atoms with Crippen LogP contribution in [0.3, 0.4) is 0 Å². The van der Waals surface area contributed by atoms with Gasteiger partial charge in [-0.3, -0.25) is 15.5 Å². The normalized spacial score (nSPS) is 10.2. The van der Waals surface area contributed by atoms with Crippen LogP contribution in [0, 0.1) is 28.3 Å². The van der Waals surface area contributed by atoms with Crippen LogP contribution in [0.2, 0.25) is 0 Å². The van der Waals surface area contributed by atoms with Crippen LogP contribution in [0.4, 0.5) is 10.1 Å². The summed E-state index contributed by atoms with van der Waals surface area (Å²) in [6.07, 6.45) is 0. The number of halogens is 1. The molecule has 0 fully saturated rings. The summed E-state index contributed by atoms with van der Waals surface area (Å²) in [6, 6.07) is 8.05. The Morgan fingerprint density at radius 1 is 1.33 bits per heavy atom. The molecule has 0 saturated heterocycles. The third-order valence-electron chi connectivity index (χ3n) is 2.84. The fourth-order valence-electron chi connectivity index (χ4n) is 1.77. The van der Waals surface area contributed by atoms with Gasteiger partial charge in [0.1, 0.15) is 11.6 Å². The van der Waals surface area contributed by atoms with E-state index in [1.54, 1.807) is 6.92 Å². The predicted octanol–water partition coefficient (Wildman–Crippen LogP) is 3.12. The van der Waals surface area contributed by atoms with Crippen molar-refractivity contribution in [2.45, 2.75) is 6.92 Å². The van der Waals surface area contributed by atoms with Gasteiger partial charge in [-0.2, -0.15) is 0 Å². The van der Waals surface area contributed by atoms with Crippen molar-refractivity contribution in [2.24, 2.45) is 5.73 Å². The minimum absolute atomic E-state index is 0.0326. The zero-order chi connectivity index (χ0) is 15.6. The van der Waals surface area contributed by atoms with Gasteiger partial charge in [-0.05, 0) is 37.3 Å². The first-order valence-corrected chi connectivity index (χ1v) is 5.95. The summed E-state index contributed by atoms with van der Waals surface area (Å²) in [6.45, 7) is 1.57. The van der Waals surface area contributed by atoms with E-state index in [9.17, 15) is 14.5 Å². The smallest absolute Gasteiger partial charge is 0.272 e. The molecule has 0 bridgehead atoms. The molecule has 0 spiro atoms. The highest BCUT2D eigenvalue weighted by atomic mass is 19.1. The molecule has 0 aliphatic rings. The molecule has 0 amide bonds. The minimum atomic E-state index is -0.668.